The van der Waals surface area contributed by atoms with Crippen molar-refractivity contribution >= 4 is 11.7 Å². The number of hydrogen-bond acceptors (Lipinski definition) is 5. The number of nitrogen functional groups attached to an aromatic ring is 1. The Morgan fingerprint density at radius 1 is 1.55 bits per heavy atom. The average Bonchev–Trinajstić information content (AvgIpc) is 3.06. The van der Waals surface area contributed by atoms with Crippen LogP contribution in [-0.2, 0) is 17.9 Å². The van der Waals surface area contributed by atoms with Gasteiger partial charge in [-0.3, -0.25) is 9.48 Å². The molecule has 104 valence electrons. The van der Waals surface area contributed by atoms with E-state index >= 15 is 0 Å². The number of rotatable bonds is 6. The van der Waals surface area contributed by atoms with Crippen molar-refractivity contribution in [3.63, 3.8) is 0 Å². The van der Waals surface area contributed by atoms with Gasteiger partial charge in [-0.1, -0.05) is 0 Å². The predicted molar refractivity (Wildman–Crippen MR) is 71.0 cm³/mol. The molecule has 0 aliphatic carbocycles. The maximum atomic E-state index is 12.2. The van der Waals surface area contributed by atoms with Gasteiger partial charge >= 0.3 is 0 Å². The summed E-state index contributed by atoms with van der Waals surface area (Å²) in [5, 5.41) is 12.6. The summed E-state index contributed by atoms with van der Waals surface area (Å²) in [7, 11) is 0. The van der Waals surface area contributed by atoms with Crippen molar-refractivity contribution in [2.45, 2.75) is 19.5 Å². The molecular formula is C13H15N5O2. The van der Waals surface area contributed by atoms with Gasteiger partial charge in [-0.2, -0.15) is 10.4 Å². The van der Waals surface area contributed by atoms with Gasteiger partial charge in [0.05, 0.1) is 25.3 Å². The number of nitrogens with zero attached hydrogens (tertiary/aromatic N) is 4. The first kappa shape index (κ1) is 13.7. The highest BCUT2D eigenvalue weighted by Crippen LogP contribution is 2.07. The Hall–Kier alpha value is -2.75. The average molecular weight is 273 g/mol. The van der Waals surface area contributed by atoms with E-state index < -0.39 is 0 Å². The van der Waals surface area contributed by atoms with Gasteiger partial charge in [0.25, 0.3) is 0 Å². The highest BCUT2D eigenvalue weighted by molar-refractivity contribution is 5.75. The monoisotopic (exact) mass is 273 g/mol. The lowest BCUT2D eigenvalue weighted by atomic mass is 10.3. The Balaban J connectivity index is 2.01. The highest BCUT2D eigenvalue weighted by Gasteiger charge is 2.16. The molecule has 7 heteroatoms. The van der Waals surface area contributed by atoms with Gasteiger partial charge in [-0.15, -0.1) is 0 Å². The molecule has 2 aromatic heterocycles. The van der Waals surface area contributed by atoms with Crippen LogP contribution in [0.25, 0.3) is 0 Å². The Morgan fingerprint density at radius 3 is 3.00 bits per heavy atom. The van der Waals surface area contributed by atoms with E-state index in [2.05, 4.69) is 5.10 Å². The molecule has 2 heterocycles. The van der Waals surface area contributed by atoms with Crippen molar-refractivity contribution in [2.24, 2.45) is 0 Å². The number of aromatic nitrogens is 2. The lowest BCUT2D eigenvalue weighted by Gasteiger charge is -2.20. The number of furan rings is 1. The van der Waals surface area contributed by atoms with E-state index in [-0.39, 0.29) is 18.9 Å². The van der Waals surface area contributed by atoms with Crippen molar-refractivity contribution in [3.05, 3.63) is 36.4 Å². The van der Waals surface area contributed by atoms with Gasteiger partial charge in [0.15, 0.2) is 0 Å². The topological polar surface area (TPSA) is 101 Å². The summed E-state index contributed by atoms with van der Waals surface area (Å²) in [5.74, 6) is 0.906. The zero-order valence-corrected chi connectivity index (χ0v) is 10.9. The lowest BCUT2D eigenvalue weighted by Crippen LogP contribution is -2.34. The molecule has 7 nitrogen and oxygen atoms in total. The molecule has 0 saturated carbocycles. The molecule has 0 radical (unpaired) electrons. The minimum absolute atomic E-state index is 0.0866. The molecule has 0 bridgehead atoms. The van der Waals surface area contributed by atoms with E-state index in [0.717, 1.165) is 0 Å². The number of nitriles is 1. The molecule has 2 aromatic rings. The van der Waals surface area contributed by atoms with Gasteiger partial charge in [0, 0.05) is 12.7 Å². The van der Waals surface area contributed by atoms with E-state index in [1.165, 1.54) is 4.68 Å². The number of hydrogen-bond donors (Lipinski definition) is 1. The van der Waals surface area contributed by atoms with Crippen molar-refractivity contribution in [2.75, 3.05) is 12.3 Å². The summed E-state index contributed by atoms with van der Waals surface area (Å²) in [4.78, 5) is 13.8. The van der Waals surface area contributed by atoms with E-state index in [4.69, 9.17) is 15.4 Å². The molecule has 1 amide bonds. The fraction of sp³-hybridized carbons (Fsp3) is 0.308. The SMILES string of the molecule is N#CCCN(Cc1ccco1)C(=O)Cn1ccc(N)n1. The largest absolute Gasteiger partial charge is 0.467 e. The lowest BCUT2D eigenvalue weighted by molar-refractivity contribution is -0.132. The molecular weight excluding hydrogens is 258 g/mol. The van der Waals surface area contributed by atoms with Crippen LogP contribution >= 0.6 is 0 Å². The molecule has 0 spiro atoms. The first-order valence-corrected chi connectivity index (χ1v) is 6.15. The van der Waals surface area contributed by atoms with Crippen molar-refractivity contribution < 1.29 is 9.21 Å². The molecule has 0 aliphatic heterocycles. The van der Waals surface area contributed by atoms with Gasteiger partial charge in [0.1, 0.15) is 18.1 Å². The third kappa shape index (κ3) is 3.62. The maximum absolute atomic E-state index is 12.2. The minimum Gasteiger partial charge on any atom is -0.467 e. The number of amides is 1. The minimum atomic E-state index is -0.139. The number of nitrogens with two attached hydrogens (primary N) is 1. The van der Waals surface area contributed by atoms with E-state index in [9.17, 15) is 4.79 Å². The predicted octanol–water partition coefficient (Wildman–Crippen LogP) is 1.00. The summed E-state index contributed by atoms with van der Waals surface area (Å²) >= 11 is 0. The maximum Gasteiger partial charge on any atom is 0.244 e. The molecule has 0 fully saturated rings. The van der Waals surface area contributed by atoms with Crippen LogP contribution in [0.3, 0.4) is 0 Å². The number of carbonyl (C=O) groups is 1. The quantitative estimate of drug-likeness (QED) is 0.846. The zero-order chi connectivity index (χ0) is 14.4. The Labute approximate surface area is 116 Å². The van der Waals surface area contributed by atoms with Crippen LogP contribution in [0.1, 0.15) is 12.2 Å². The first-order chi connectivity index (χ1) is 9.69. The summed E-state index contributed by atoms with van der Waals surface area (Å²) in [6.45, 7) is 0.778. The van der Waals surface area contributed by atoms with Crippen molar-refractivity contribution in [3.8, 4) is 6.07 Å². The van der Waals surface area contributed by atoms with Crippen molar-refractivity contribution in [1.82, 2.24) is 14.7 Å². The van der Waals surface area contributed by atoms with E-state index in [1.807, 2.05) is 6.07 Å². The Kier molecular flexibility index (Phi) is 4.39. The summed E-state index contributed by atoms with van der Waals surface area (Å²) in [6, 6.07) is 7.21. The Morgan fingerprint density at radius 2 is 2.40 bits per heavy atom. The zero-order valence-electron chi connectivity index (χ0n) is 10.9. The molecule has 0 atom stereocenters. The third-order valence-electron chi connectivity index (χ3n) is 2.73. The van der Waals surface area contributed by atoms with Crippen LogP contribution in [0.5, 0.6) is 0 Å². The molecule has 0 unspecified atom stereocenters. The molecule has 20 heavy (non-hydrogen) atoms. The van der Waals surface area contributed by atoms with Crippen LogP contribution in [0.2, 0.25) is 0 Å². The van der Waals surface area contributed by atoms with Gasteiger partial charge in [0.2, 0.25) is 5.91 Å². The molecule has 0 aliphatic rings. The van der Waals surface area contributed by atoms with E-state index in [0.29, 0.717) is 24.7 Å². The Bertz CT molecular complexity index is 597. The fourth-order valence-corrected chi connectivity index (χ4v) is 1.77. The van der Waals surface area contributed by atoms with Crippen LogP contribution < -0.4 is 5.73 Å². The van der Waals surface area contributed by atoms with Crippen LogP contribution in [0.15, 0.2) is 35.1 Å². The van der Waals surface area contributed by atoms with Crippen LogP contribution in [0.4, 0.5) is 5.82 Å². The highest BCUT2D eigenvalue weighted by atomic mass is 16.3. The molecule has 0 aromatic carbocycles. The number of anilines is 1. The fourth-order valence-electron chi connectivity index (χ4n) is 1.77. The second kappa shape index (κ2) is 6.43. The summed E-state index contributed by atoms with van der Waals surface area (Å²) in [6.07, 6.45) is 3.47. The smallest absolute Gasteiger partial charge is 0.244 e. The second-order valence-electron chi connectivity index (χ2n) is 4.24. The van der Waals surface area contributed by atoms with Gasteiger partial charge in [-0.05, 0) is 18.2 Å². The molecule has 2 rings (SSSR count). The van der Waals surface area contributed by atoms with Crippen LogP contribution in [0, 0.1) is 11.3 Å². The summed E-state index contributed by atoms with van der Waals surface area (Å²) < 4.78 is 6.70. The normalized spacial score (nSPS) is 10.2. The standard InChI is InChI=1S/C13H15N5O2/c14-5-2-6-17(9-11-3-1-8-20-11)13(19)10-18-7-4-12(15)16-18/h1,3-4,7-8H,2,6,9-10H2,(H2,15,16). The van der Waals surface area contributed by atoms with Crippen LogP contribution in [-0.4, -0.2) is 27.1 Å². The molecule has 0 saturated heterocycles. The molecule has 2 N–H and O–H groups in total. The second-order valence-corrected chi connectivity index (χ2v) is 4.24. The third-order valence-corrected chi connectivity index (χ3v) is 2.73. The van der Waals surface area contributed by atoms with Crippen molar-refractivity contribution in [1.29, 1.82) is 5.26 Å². The van der Waals surface area contributed by atoms with E-state index in [1.54, 1.807) is 35.6 Å². The first-order valence-electron chi connectivity index (χ1n) is 6.15. The summed E-state index contributed by atoms with van der Waals surface area (Å²) in [5.41, 5.74) is 5.51. The number of carbonyl (C=O) groups excluding carboxylic acids is 1. The van der Waals surface area contributed by atoms with Gasteiger partial charge < -0.3 is 15.1 Å². The van der Waals surface area contributed by atoms with Gasteiger partial charge in [-0.25, -0.2) is 0 Å².